The maximum Gasteiger partial charge on any atom is 0.413 e. The fourth-order valence-corrected chi connectivity index (χ4v) is 3.75. The Morgan fingerprint density at radius 3 is 2.68 bits per heavy atom. The second-order valence-electron chi connectivity index (χ2n) is 6.21. The van der Waals surface area contributed by atoms with Crippen LogP contribution in [0.5, 0.6) is 5.75 Å². The number of amides is 2. The molecule has 1 aromatic heterocycles. The number of nitrogens with zero attached hydrogens (tertiary/aromatic N) is 3. The normalized spacial score (nSPS) is 13.9. The first-order valence-electron chi connectivity index (χ1n) is 9.14. The lowest BCUT2D eigenvalue weighted by Crippen LogP contribution is -2.49. The zero-order valence-electron chi connectivity index (χ0n) is 16.0. The summed E-state index contributed by atoms with van der Waals surface area (Å²) in [4.78, 5) is 32.4. The molecule has 0 radical (unpaired) electrons. The van der Waals surface area contributed by atoms with Crippen LogP contribution in [0.3, 0.4) is 0 Å². The highest BCUT2D eigenvalue weighted by molar-refractivity contribution is 7.13. The van der Waals surface area contributed by atoms with Crippen molar-refractivity contribution >= 4 is 34.2 Å². The van der Waals surface area contributed by atoms with E-state index in [-0.39, 0.29) is 12.3 Å². The monoisotopic (exact) mass is 404 g/mol. The molecule has 0 aliphatic carbocycles. The molecule has 1 aromatic carbocycles. The van der Waals surface area contributed by atoms with Crippen LogP contribution in [-0.2, 0) is 16.0 Å². The lowest BCUT2D eigenvalue weighted by molar-refractivity contribution is -0.130. The van der Waals surface area contributed by atoms with E-state index in [9.17, 15) is 9.59 Å². The average Bonchev–Trinajstić information content (AvgIpc) is 3.14. The van der Waals surface area contributed by atoms with Gasteiger partial charge in [-0.15, -0.1) is 11.3 Å². The Bertz CT molecular complexity index is 818. The van der Waals surface area contributed by atoms with Crippen molar-refractivity contribution in [2.75, 3.05) is 50.1 Å². The number of aromatic nitrogens is 1. The van der Waals surface area contributed by atoms with Crippen molar-refractivity contribution in [2.24, 2.45) is 0 Å². The molecule has 1 saturated heterocycles. The van der Waals surface area contributed by atoms with Gasteiger partial charge in [0.1, 0.15) is 5.75 Å². The lowest BCUT2D eigenvalue weighted by atomic mass is 10.2. The molecule has 0 bridgehead atoms. The number of para-hydroxylation sites is 2. The van der Waals surface area contributed by atoms with Gasteiger partial charge >= 0.3 is 6.09 Å². The number of carbonyl (C=O) groups is 2. The minimum Gasteiger partial charge on any atom is -0.495 e. The summed E-state index contributed by atoms with van der Waals surface area (Å²) in [6, 6.07) is 7.90. The first kappa shape index (κ1) is 19.9. The zero-order valence-corrected chi connectivity index (χ0v) is 16.8. The largest absolute Gasteiger partial charge is 0.495 e. The molecule has 150 valence electrons. The third kappa shape index (κ3) is 4.92. The van der Waals surface area contributed by atoms with Crippen LogP contribution in [-0.4, -0.2) is 61.8 Å². The Kier molecular flexibility index (Phi) is 6.70. The first-order valence-corrected chi connectivity index (χ1v) is 10.0. The minimum absolute atomic E-state index is 0.0349. The fraction of sp³-hybridized carbons (Fsp3) is 0.421. The van der Waals surface area contributed by atoms with E-state index in [0.717, 1.165) is 24.5 Å². The van der Waals surface area contributed by atoms with Crippen LogP contribution in [0, 0.1) is 0 Å². The molecule has 1 aliphatic rings. The van der Waals surface area contributed by atoms with Gasteiger partial charge in [0.25, 0.3) is 0 Å². The smallest absolute Gasteiger partial charge is 0.413 e. The number of ether oxygens (including phenoxy) is 2. The van der Waals surface area contributed by atoms with Gasteiger partial charge in [0.05, 0.1) is 31.5 Å². The molecule has 9 heteroatoms. The number of carbonyl (C=O) groups excluding carboxylic acids is 2. The summed E-state index contributed by atoms with van der Waals surface area (Å²) in [5, 5.41) is 4.77. The molecule has 28 heavy (non-hydrogen) atoms. The number of methoxy groups -OCH3 is 1. The van der Waals surface area contributed by atoms with E-state index in [2.05, 4.69) is 15.2 Å². The van der Waals surface area contributed by atoms with Gasteiger partial charge in [0.2, 0.25) is 5.91 Å². The maximum absolute atomic E-state index is 12.6. The molecule has 2 amide bonds. The van der Waals surface area contributed by atoms with Gasteiger partial charge in [0, 0.05) is 31.6 Å². The molecular formula is C19H24N4O4S. The highest BCUT2D eigenvalue weighted by Crippen LogP contribution is 2.28. The predicted molar refractivity (Wildman–Crippen MR) is 108 cm³/mol. The Morgan fingerprint density at radius 1 is 1.21 bits per heavy atom. The van der Waals surface area contributed by atoms with Gasteiger partial charge < -0.3 is 19.3 Å². The summed E-state index contributed by atoms with van der Waals surface area (Å²) < 4.78 is 10.3. The molecule has 8 nitrogen and oxygen atoms in total. The number of anilines is 2. The number of thiazole rings is 1. The summed E-state index contributed by atoms with van der Waals surface area (Å²) >= 11 is 1.28. The van der Waals surface area contributed by atoms with Gasteiger partial charge in [-0.1, -0.05) is 12.1 Å². The molecule has 1 aliphatic heterocycles. The van der Waals surface area contributed by atoms with E-state index in [1.54, 1.807) is 19.4 Å². The van der Waals surface area contributed by atoms with Crippen molar-refractivity contribution in [1.29, 1.82) is 0 Å². The highest BCUT2D eigenvalue weighted by Gasteiger charge is 2.23. The molecule has 3 rings (SSSR count). The second kappa shape index (κ2) is 9.41. The number of hydrogen-bond donors (Lipinski definition) is 1. The van der Waals surface area contributed by atoms with Crippen LogP contribution < -0.4 is 15.0 Å². The van der Waals surface area contributed by atoms with E-state index < -0.39 is 6.09 Å². The molecule has 2 heterocycles. The van der Waals surface area contributed by atoms with E-state index in [1.807, 2.05) is 29.2 Å². The lowest BCUT2D eigenvalue weighted by Gasteiger charge is -2.36. The van der Waals surface area contributed by atoms with Crippen molar-refractivity contribution in [1.82, 2.24) is 9.88 Å². The van der Waals surface area contributed by atoms with Crippen molar-refractivity contribution < 1.29 is 19.1 Å². The van der Waals surface area contributed by atoms with E-state index in [0.29, 0.717) is 30.5 Å². The van der Waals surface area contributed by atoms with E-state index in [1.165, 1.54) is 11.3 Å². The van der Waals surface area contributed by atoms with Crippen LogP contribution in [0.1, 0.15) is 12.6 Å². The van der Waals surface area contributed by atoms with Crippen molar-refractivity contribution in [3.63, 3.8) is 0 Å². The quantitative estimate of drug-likeness (QED) is 0.797. The molecule has 1 fully saturated rings. The van der Waals surface area contributed by atoms with Crippen molar-refractivity contribution in [3.8, 4) is 5.75 Å². The van der Waals surface area contributed by atoms with Crippen LogP contribution in [0.15, 0.2) is 29.6 Å². The third-order valence-corrected chi connectivity index (χ3v) is 5.23. The van der Waals surface area contributed by atoms with E-state index >= 15 is 0 Å². The zero-order chi connectivity index (χ0) is 19.9. The summed E-state index contributed by atoms with van der Waals surface area (Å²) in [6.07, 6.45) is -0.322. The third-order valence-electron chi connectivity index (χ3n) is 4.43. The van der Waals surface area contributed by atoms with Gasteiger partial charge in [-0.2, -0.15) is 0 Å². The van der Waals surface area contributed by atoms with Crippen LogP contribution in [0.4, 0.5) is 15.6 Å². The van der Waals surface area contributed by atoms with Gasteiger partial charge in [-0.05, 0) is 19.1 Å². The molecule has 1 N–H and O–H groups in total. The molecule has 2 aromatic rings. The standard InChI is InChI=1S/C19H24N4O4S/c1-3-27-19(25)21-18-20-14(13-28-18)12-17(24)23-10-8-22(9-11-23)15-6-4-5-7-16(15)26-2/h4-7,13H,3,8-12H2,1-2H3,(H,20,21,25). The fourth-order valence-electron chi connectivity index (χ4n) is 3.05. The molecule has 0 spiro atoms. The highest BCUT2D eigenvalue weighted by atomic mass is 32.1. The van der Waals surface area contributed by atoms with Crippen molar-refractivity contribution in [3.05, 3.63) is 35.3 Å². The minimum atomic E-state index is -0.540. The average molecular weight is 404 g/mol. The summed E-state index contributed by atoms with van der Waals surface area (Å²) in [5.74, 6) is 0.874. The summed E-state index contributed by atoms with van der Waals surface area (Å²) in [5.41, 5.74) is 1.69. The topological polar surface area (TPSA) is 84.0 Å². The Hall–Kier alpha value is -2.81. The Labute approximate surface area is 168 Å². The summed E-state index contributed by atoms with van der Waals surface area (Å²) in [6.45, 7) is 4.82. The van der Waals surface area contributed by atoms with Crippen LogP contribution >= 0.6 is 11.3 Å². The number of nitrogens with one attached hydrogen (secondary N) is 1. The molecule has 0 saturated carbocycles. The summed E-state index contributed by atoms with van der Waals surface area (Å²) in [7, 11) is 1.66. The van der Waals surface area contributed by atoms with Gasteiger partial charge in [0.15, 0.2) is 5.13 Å². The van der Waals surface area contributed by atoms with Gasteiger partial charge in [-0.25, -0.2) is 9.78 Å². The predicted octanol–water partition coefficient (Wildman–Crippen LogP) is 2.61. The van der Waals surface area contributed by atoms with Crippen molar-refractivity contribution in [2.45, 2.75) is 13.3 Å². The van der Waals surface area contributed by atoms with Crippen LogP contribution in [0.2, 0.25) is 0 Å². The first-order chi connectivity index (χ1) is 13.6. The molecular weight excluding hydrogens is 380 g/mol. The SMILES string of the molecule is CCOC(=O)Nc1nc(CC(=O)N2CCN(c3ccccc3OC)CC2)cs1. The molecule has 0 atom stereocenters. The van der Waals surface area contributed by atoms with E-state index in [4.69, 9.17) is 9.47 Å². The number of hydrogen-bond acceptors (Lipinski definition) is 7. The number of benzene rings is 1. The number of rotatable bonds is 6. The van der Waals surface area contributed by atoms with Gasteiger partial charge in [-0.3, -0.25) is 10.1 Å². The Morgan fingerprint density at radius 2 is 1.96 bits per heavy atom. The maximum atomic E-state index is 12.6. The number of piperazine rings is 1. The Balaban J connectivity index is 1.52. The molecule has 0 unspecified atom stereocenters. The van der Waals surface area contributed by atoms with Crippen LogP contribution in [0.25, 0.3) is 0 Å². The second-order valence-corrected chi connectivity index (χ2v) is 7.06.